The average molecular weight is 291 g/mol. The van der Waals surface area contributed by atoms with Crippen molar-refractivity contribution in [2.45, 2.75) is 25.3 Å². The van der Waals surface area contributed by atoms with Crippen molar-refractivity contribution in [1.82, 2.24) is 10.2 Å². The van der Waals surface area contributed by atoms with Gasteiger partial charge < -0.3 is 15.5 Å². The summed E-state index contributed by atoms with van der Waals surface area (Å²) in [7, 11) is 0. The van der Waals surface area contributed by atoms with E-state index >= 15 is 0 Å². The van der Waals surface area contributed by atoms with Crippen molar-refractivity contribution in [1.29, 1.82) is 0 Å². The third kappa shape index (κ3) is 3.60. The van der Waals surface area contributed by atoms with E-state index in [1.807, 2.05) is 0 Å². The molecule has 2 fully saturated rings. The summed E-state index contributed by atoms with van der Waals surface area (Å²) in [6, 6.07) is 6.95. The molecule has 4 nitrogen and oxygen atoms in total. The Hall–Kier alpha value is -1.46. The molecule has 2 aliphatic heterocycles. The summed E-state index contributed by atoms with van der Waals surface area (Å²) in [6.07, 6.45) is 2.82. The minimum Gasteiger partial charge on any atom is -0.324 e. The summed E-state index contributed by atoms with van der Waals surface area (Å²) >= 11 is 0. The van der Waals surface area contributed by atoms with Crippen LogP contribution in [0.4, 0.5) is 10.1 Å². The highest BCUT2D eigenvalue weighted by Gasteiger charge is 2.32. The van der Waals surface area contributed by atoms with Crippen LogP contribution in [0.5, 0.6) is 0 Å². The highest BCUT2D eigenvalue weighted by atomic mass is 19.1. The monoisotopic (exact) mass is 291 g/mol. The number of para-hydroxylation sites is 1. The predicted molar refractivity (Wildman–Crippen MR) is 80.6 cm³/mol. The van der Waals surface area contributed by atoms with Gasteiger partial charge in [-0.3, -0.25) is 4.79 Å². The molecule has 2 unspecified atom stereocenters. The molecule has 0 radical (unpaired) electrons. The van der Waals surface area contributed by atoms with E-state index in [1.54, 1.807) is 18.2 Å². The van der Waals surface area contributed by atoms with Crippen molar-refractivity contribution in [2.24, 2.45) is 5.92 Å². The summed E-state index contributed by atoms with van der Waals surface area (Å²) in [6.45, 7) is 3.99. The Morgan fingerprint density at radius 2 is 2.24 bits per heavy atom. The Morgan fingerprint density at radius 1 is 1.38 bits per heavy atom. The Kier molecular flexibility index (Phi) is 4.51. The van der Waals surface area contributed by atoms with E-state index < -0.39 is 0 Å². The molecule has 0 saturated carbocycles. The predicted octanol–water partition coefficient (Wildman–Crippen LogP) is 1.84. The Balaban J connectivity index is 1.45. The fraction of sp³-hybridized carbons (Fsp3) is 0.562. The van der Waals surface area contributed by atoms with E-state index in [0.29, 0.717) is 12.5 Å². The second kappa shape index (κ2) is 6.54. The van der Waals surface area contributed by atoms with E-state index in [9.17, 15) is 9.18 Å². The molecule has 21 heavy (non-hydrogen) atoms. The molecule has 114 valence electrons. The lowest BCUT2D eigenvalue weighted by Crippen LogP contribution is -2.45. The number of amides is 1. The number of likely N-dealkylation sites (tertiary alicyclic amines) is 1. The van der Waals surface area contributed by atoms with Crippen LogP contribution in [-0.4, -0.2) is 43.0 Å². The SMILES string of the molecule is O=C(CCN1CCC2NCCC2C1)Nc1ccccc1F. The minimum absolute atomic E-state index is 0.119. The molecule has 2 N–H and O–H groups in total. The molecule has 2 saturated heterocycles. The second-order valence-corrected chi connectivity index (χ2v) is 5.98. The molecular formula is C16H22FN3O. The number of fused-ring (bicyclic) bond motifs is 1. The van der Waals surface area contributed by atoms with Crippen molar-refractivity contribution in [3.05, 3.63) is 30.1 Å². The third-order valence-corrected chi connectivity index (χ3v) is 4.54. The smallest absolute Gasteiger partial charge is 0.225 e. The second-order valence-electron chi connectivity index (χ2n) is 5.98. The van der Waals surface area contributed by atoms with Gasteiger partial charge in [0.2, 0.25) is 5.91 Å². The lowest BCUT2D eigenvalue weighted by Gasteiger charge is -2.34. The van der Waals surface area contributed by atoms with E-state index in [1.165, 1.54) is 18.9 Å². The maximum Gasteiger partial charge on any atom is 0.225 e. The van der Waals surface area contributed by atoms with E-state index in [4.69, 9.17) is 0 Å². The van der Waals surface area contributed by atoms with Gasteiger partial charge in [0.1, 0.15) is 5.82 Å². The molecule has 1 amide bonds. The number of hydrogen-bond donors (Lipinski definition) is 2. The Morgan fingerprint density at radius 3 is 3.10 bits per heavy atom. The maximum atomic E-state index is 13.5. The molecule has 0 aromatic heterocycles. The first-order valence-corrected chi connectivity index (χ1v) is 7.72. The zero-order chi connectivity index (χ0) is 14.7. The van der Waals surface area contributed by atoms with Gasteiger partial charge in [0.25, 0.3) is 0 Å². The summed E-state index contributed by atoms with van der Waals surface area (Å²) in [5, 5.41) is 6.18. The number of nitrogens with one attached hydrogen (secondary N) is 2. The molecule has 0 aliphatic carbocycles. The topological polar surface area (TPSA) is 44.4 Å². The molecule has 1 aromatic carbocycles. The van der Waals surface area contributed by atoms with Crippen molar-refractivity contribution >= 4 is 11.6 Å². The van der Waals surface area contributed by atoms with Crippen LogP contribution in [0, 0.1) is 11.7 Å². The van der Waals surface area contributed by atoms with E-state index in [0.717, 1.165) is 32.1 Å². The molecule has 5 heteroatoms. The zero-order valence-corrected chi connectivity index (χ0v) is 12.1. The highest BCUT2D eigenvalue weighted by Crippen LogP contribution is 2.24. The van der Waals surface area contributed by atoms with Crippen molar-refractivity contribution < 1.29 is 9.18 Å². The van der Waals surface area contributed by atoms with Crippen LogP contribution in [0.2, 0.25) is 0 Å². The van der Waals surface area contributed by atoms with Crippen molar-refractivity contribution in [2.75, 3.05) is 31.5 Å². The molecule has 0 spiro atoms. The number of carbonyl (C=O) groups excluding carboxylic acids is 1. The number of rotatable bonds is 4. The van der Waals surface area contributed by atoms with Crippen LogP contribution in [0.25, 0.3) is 0 Å². The van der Waals surface area contributed by atoms with Gasteiger partial charge >= 0.3 is 0 Å². The normalized spacial score (nSPS) is 25.6. The maximum absolute atomic E-state index is 13.5. The number of halogens is 1. The van der Waals surface area contributed by atoms with Crippen molar-refractivity contribution in [3.8, 4) is 0 Å². The van der Waals surface area contributed by atoms with Gasteiger partial charge in [0, 0.05) is 25.6 Å². The molecule has 3 rings (SSSR count). The molecule has 2 atom stereocenters. The summed E-state index contributed by atoms with van der Waals surface area (Å²) < 4.78 is 13.5. The van der Waals surface area contributed by atoms with Gasteiger partial charge in [0.05, 0.1) is 5.69 Å². The third-order valence-electron chi connectivity index (χ3n) is 4.54. The molecule has 2 aliphatic rings. The number of anilines is 1. The van der Waals surface area contributed by atoms with Crippen LogP contribution >= 0.6 is 0 Å². The number of benzene rings is 1. The molecule has 2 heterocycles. The lowest BCUT2D eigenvalue weighted by molar-refractivity contribution is -0.116. The number of nitrogens with zero attached hydrogens (tertiary/aromatic N) is 1. The fourth-order valence-electron chi connectivity index (χ4n) is 3.36. The van der Waals surface area contributed by atoms with Crippen molar-refractivity contribution in [3.63, 3.8) is 0 Å². The zero-order valence-electron chi connectivity index (χ0n) is 12.1. The largest absolute Gasteiger partial charge is 0.324 e. The Labute approximate surface area is 124 Å². The first kappa shape index (κ1) is 14.5. The van der Waals surface area contributed by atoms with Crippen LogP contribution in [-0.2, 0) is 4.79 Å². The lowest BCUT2D eigenvalue weighted by atomic mass is 9.93. The van der Waals surface area contributed by atoms with E-state index in [-0.39, 0.29) is 17.4 Å². The van der Waals surface area contributed by atoms with Gasteiger partial charge in [0.15, 0.2) is 0 Å². The quantitative estimate of drug-likeness (QED) is 0.889. The van der Waals surface area contributed by atoms with E-state index in [2.05, 4.69) is 15.5 Å². The first-order chi connectivity index (χ1) is 10.2. The first-order valence-electron chi connectivity index (χ1n) is 7.72. The van der Waals surface area contributed by atoms with Gasteiger partial charge in [-0.1, -0.05) is 12.1 Å². The van der Waals surface area contributed by atoms with Crippen LogP contribution in [0.1, 0.15) is 19.3 Å². The Bertz CT molecular complexity index is 508. The number of hydrogen-bond acceptors (Lipinski definition) is 3. The number of piperidine rings is 1. The summed E-state index contributed by atoms with van der Waals surface area (Å²) in [5.41, 5.74) is 0.265. The molecule has 0 bridgehead atoms. The van der Waals surface area contributed by atoms with Gasteiger partial charge in [-0.2, -0.15) is 0 Å². The van der Waals surface area contributed by atoms with Gasteiger partial charge in [-0.25, -0.2) is 4.39 Å². The average Bonchev–Trinajstić information content (AvgIpc) is 2.95. The summed E-state index contributed by atoms with van der Waals surface area (Å²) in [5.74, 6) is 0.226. The molecular weight excluding hydrogens is 269 g/mol. The number of carbonyl (C=O) groups is 1. The minimum atomic E-state index is -0.385. The van der Waals surface area contributed by atoms with Crippen LogP contribution in [0.15, 0.2) is 24.3 Å². The summed E-state index contributed by atoms with van der Waals surface area (Å²) in [4.78, 5) is 14.3. The highest BCUT2D eigenvalue weighted by molar-refractivity contribution is 5.90. The standard InChI is InChI=1S/C16H22FN3O/c17-13-3-1-2-4-15(13)19-16(21)7-10-20-9-6-14-12(11-20)5-8-18-14/h1-4,12,14,18H,5-11H2,(H,19,21). The van der Waals surface area contributed by atoms with Crippen LogP contribution in [0.3, 0.4) is 0 Å². The van der Waals surface area contributed by atoms with Gasteiger partial charge in [-0.05, 0) is 44.0 Å². The fourth-order valence-corrected chi connectivity index (χ4v) is 3.36. The molecule has 1 aromatic rings. The van der Waals surface area contributed by atoms with Gasteiger partial charge in [-0.15, -0.1) is 0 Å². The van der Waals surface area contributed by atoms with Crippen LogP contribution < -0.4 is 10.6 Å².